The van der Waals surface area contributed by atoms with Gasteiger partial charge in [0.15, 0.2) is 0 Å². The first-order chi connectivity index (χ1) is 11.8. The van der Waals surface area contributed by atoms with Crippen LogP contribution in [0.1, 0.15) is 30.5 Å². The number of ether oxygens (including phenoxy) is 1. The van der Waals surface area contributed by atoms with Crippen molar-refractivity contribution in [2.45, 2.75) is 32.2 Å². The number of likely N-dealkylation sites (tertiary alicyclic amines) is 1. The van der Waals surface area contributed by atoms with Crippen molar-refractivity contribution in [3.05, 3.63) is 53.7 Å². The number of rotatable bonds is 6. The predicted molar refractivity (Wildman–Crippen MR) is 91.3 cm³/mol. The average Bonchev–Trinajstić information content (AvgIpc) is 2.62. The summed E-state index contributed by atoms with van der Waals surface area (Å²) >= 11 is 0. The molecule has 1 aromatic heterocycles. The van der Waals surface area contributed by atoms with Gasteiger partial charge in [-0.1, -0.05) is 18.2 Å². The highest BCUT2D eigenvalue weighted by Gasteiger charge is 2.21. The smallest absolute Gasteiger partial charge is 0.236 e. The van der Waals surface area contributed by atoms with E-state index in [4.69, 9.17) is 4.74 Å². The van der Waals surface area contributed by atoms with Crippen LogP contribution in [0.4, 0.5) is 4.39 Å². The van der Waals surface area contributed by atoms with Crippen molar-refractivity contribution >= 4 is 0 Å². The van der Waals surface area contributed by atoms with Gasteiger partial charge in [0, 0.05) is 25.5 Å². The van der Waals surface area contributed by atoms with E-state index in [2.05, 4.69) is 14.9 Å². The second-order valence-corrected chi connectivity index (χ2v) is 6.39. The molecule has 1 saturated heterocycles. The number of hydrogen-bond donors (Lipinski definition) is 0. The van der Waals surface area contributed by atoms with E-state index in [0.717, 1.165) is 43.7 Å². The lowest BCUT2D eigenvalue weighted by molar-refractivity contribution is 0.158. The van der Waals surface area contributed by atoms with Crippen LogP contribution in [0.3, 0.4) is 0 Å². The Labute approximate surface area is 142 Å². The standard InChI is InChI=1S/C19H24FN3O/c1-24-19-18(21-10-11-22-19)14-23-12-4-5-15(13-23)8-9-16-6-2-3-7-17(16)20/h2-3,6-7,10-11,15H,4-5,8-9,12-14H2,1H3. The highest BCUT2D eigenvalue weighted by atomic mass is 19.1. The van der Waals surface area contributed by atoms with Crippen LogP contribution >= 0.6 is 0 Å². The maximum absolute atomic E-state index is 13.8. The molecule has 128 valence electrons. The fourth-order valence-electron chi connectivity index (χ4n) is 3.44. The molecule has 1 aromatic carbocycles. The van der Waals surface area contributed by atoms with Crippen molar-refractivity contribution < 1.29 is 9.13 Å². The van der Waals surface area contributed by atoms with Crippen LogP contribution < -0.4 is 4.74 Å². The van der Waals surface area contributed by atoms with Crippen LogP contribution in [-0.4, -0.2) is 35.1 Å². The minimum atomic E-state index is -0.0885. The molecule has 0 N–H and O–H groups in total. The molecule has 24 heavy (non-hydrogen) atoms. The fraction of sp³-hybridized carbons (Fsp3) is 0.474. The molecule has 0 spiro atoms. The van der Waals surface area contributed by atoms with Crippen molar-refractivity contribution in [2.24, 2.45) is 5.92 Å². The van der Waals surface area contributed by atoms with Crippen molar-refractivity contribution in [1.29, 1.82) is 0 Å². The van der Waals surface area contributed by atoms with Crippen LogP contribution in [0.5, 0.6) is 5.88 Å². The Morgan fingerprint density at radius 3 is 2.92 bits per heavy atom. The van der Waals surface area contributed by atoms with E-state index < -0.39 is 0 Å². The summed E-state index contributed by atoms with van der Waals surface area (Å²) in [5.41, 5.74) is 1.71. The van der Waals surface area contributed by atoms with E-state index in [-0.39, 0.29) is 5.82 Å². The highest BCUT2D eigenvalue weighted by molar-refractivity contribution is 5.18. The summed E-state index contributed by atoms with van der Waals surface area (Å²) in [6.07, 6.45) is 7.56. The molecule has 1 unspecified atom stereocenters. The highest BCUT2D eigenvalue weighted by Crippen LogP contribution is 2.24. The van der Waals surface area contributed by atoms with Crippen LogP contribution in [0.15, 0.2) is 36.7 Å². The molecule has 0 aliphatic carbocycles. The molecule has 0 saturated carbocycles. The maximum Gasteiger partial charge on any atom is 0.236 e. The van der Waals surface area contributed by atoms with Gasteiger partial charge in [0.2, 0.25) is 5.88 Å². The summed E-state index contributed by atoms with van der Waals surface area (Å²) in [7, 11) is 1.63. The topological polar surface area (TPSA) is 38.3 Å². The molecule has 1 aliphatic rings. The van der Waals surface area contributed by atoms with Gasteiger partial charge in [0.05, 0.1) is 7.11 Å². The van der Waals surface area contributed by atoms with Gasteiger partial charge < -0.3 is 4.74 Å². The number of aryl methyl sites for hydroxylation is 1. The van der Waals surface area contributed by atoms with E-state index >= 15 is 0 Å². The summed E-state index contributed by atoms with van der Waals surface area (Å²) in [5, 5.41) is 0. The summed E-state index contributed by atoms with van der Waals surface area (Å²) in [4.78, 5) is 11.0. The number of hydrogen-bond acceptors (Lipinski definition) is 4. The van der Waals surface area contributed by atoms with Gasteiger partial charge >= 0.3 is 0 Å². The fourth-order valence-corrected chi connectivity index (χ4v) is 3.44. The number of methoxy groups -OCH3 is 1. The Hall–Kier alpha value is -2.01. The average molecular weight is 329 g/mol. The minimum absolute atomic E-state index is 0.0885. The molecular formula is C19H24FN3O. The Balaban J connectivity index is 1.55. The van der Waals surface area contributed by atoms with Gasteiger partial charge in [0.1, 0.15) is 11.5 Å². The third-order valence-corrected chi connectivity index (χ3v) is 4.69. The minimum Gasteiger partial charge on any atom is -0.480 e. The molecule has 0 radical (unpaired) electrons. The van der Waals surface area contributed by atoms with Crippen LogP contribution in [0, 0.1) is 11.7 Å². The monoisotopic (exact) mass is 329 g/mol. The summed E-state index contributed by atoms with van der Waals surface area (Å²) in [6, 6.07) is 7.09. The zero-order valence-electron chi connectivity index (χ0n) is 14.1. The molecule has 5 heteroatoms. The SMILES string of the molecule is COc1nccnc1CN1CCCC(CCc2ccccc2F)C1. The lowest BCUT2D eigenvalue weighted by Gasteiger charge is -2.32. The van der Waals surface area contributed by atoms with E-state index in [1.807, 2.05) is 12.1 Å². The Bertz CT molecular complexity index is 665. The molecule has 0 amide bonds. The lowest BCUT2D eigenvalue weighted by atomic mass is 9.91. The maximum atomic E-state index is 13.8. The van der Waals surface area contributed by atoms with E-state index in [1.165, 1.54) is 12.8 Å². The zero-order chi connectivity index (χ0) is 16.8. The normalized spacial score (nSPS) is 18.5. The van der Waals surface area contributed by atoms with Crippen molar-refractivity contribution in [3.8, 4) is 5.88 Å². The molecule has 3 rings (SSSR count). The van der Waals surface area contributed by atoms with Crippen LogP contribution in [0.25, 0.3) is 0 Å². The molecule has 2 aromatic rings. The molecule has 4 nitrogen and oxygen atoms in total. The van der Waals surface area contributed by atoms with Gasteiger partial charge in [-0.25, -0.2) is 9.37 Å². The second-order valence-electron chi connectivity index (χ2n) is 6.39. The van der Waals surface area contributed by atoms with Crippen molar-refractivity contribution in [1.82, 2.24) is 14.9 Å². The van der Waals surface area contributed by atoms with Crippen molar-refractivity contribution in [3.63, 3.8) is 0 Å². The molecule has 0 bridgehead atoms. The van der Waals surface area contributed by atoms with E-state index in [1.54, 1.807) is 31.6 Å². The van der Waals surface area contributed by atoms with Gasteiger partial charge in [-0.05, 0) is 49.8 Å². The Morgan fingerprint density at radius 2 is 2.08 bits per heavy atom. The van der Waals surface area contributed by atoms with Gasteiger partial charge in [-0.2, -0.15) is 0 Å². The van der Waals surface area contributed by atoms with Crippen LogP contribution in [-0.2, 0) is 13.0 Å². The first-order valence-corrected chi connectivity index (χ1v) is 8.56. The first kappa shape index (κ1) is 16.8. The third kappa shape index (κ3) is 4.29. The van der Waals surface area contributed by atoms with Gasteiger partial charge in [-0.15, -0.1) is 0 Å². The number of piperidine rings is 1. The third-order valence-electron chi connectivity index (χ3n) is 4.69. The van der Waals surface area contributed by atoms with E-state index in [0.29, 0.717) is 11.8 Å². The summed E-state index contributed by atoms with van der Waals surface area (Å²) < 4.78 is 19.0. The summed E-state index contributed by atoms with van der Waals surface area (Å²) in [5.74, 6) is 1.11. The molecular weight excluding hydrogens is 305 g/mol. The van der Waals surface area contributed by atoms with Gasteiger partial charge in [-0.3, -0.25) is 9.88 Å². The first-order valence-electron chi connectivity index (χ1n) is 8.56. The second kappa shape index (κ2) is 8.20. The lowest BCUT2D eigenvalue weighted by Crippen LogP contribution is -2.35. The number of nitrogens with zero attached hydrogens (tertiary/aromatic N) is 3. The predicted octanol–water partition coefficient (Wildman–Crippen LogP) is 3.47. The van der Waals surface area contributed by atoms with Crippen molar-refractivity contribution in [2.75, 3.05) is 20.2 Å². The van der Waals surface area contributed by atoms with Crippen LogP contribution in [0.2, 0.25) is 0 Å². The Morgan fingerprint density at radius 1 is 1.25 bits per heavy atom. The quantitative estimate of drug-likeness (QED) is 0.813. The van der Waals surface area contributed by atoms with E-state index in [9.17, 15) is 4.39 Å². The molecule has 1 aliphatic heterocycles. The largest absolute Gasteiger partial charge is 0.480 e. The zero-order valence-corrected chi connectivity index (χ0v) is 14.1. The molecule has 2 heterocycles. The Kier molecular flexibility index (Phi) is 5.75. The van der Waals surface area contributed by atoms with Gasteiger partial charge in [0.25, 0.3) is 0 Å². The summed E-state index contributed by atoms with van der Waals surface area (Å²) in [6.45, 7) is 2.84. The molecule has 1 atom stereocenters. The number of aromatic nitrogens is 2. The molecule has 1 fully saturated rings. The number of benzene rings is 1. The number of halogens is 1.